The molecule has 30 heavy (non-hydrogen) atoms. The van der Waals surface area contributed by atoms with Crippen molar-refractivity contribution >= 4 is 34.2 Å². The van der Waals surface area contributed by atoms with Crippen LogP contribution in [0.5, 0.6) is 0 Å². The Hall–Kier alpha value is -3.10. The number of hydrogen-bond donors (Lipinski definition) is 1. The minimum atomic E-state index is -0.379. The molecule has 4 rings (SSSR count). The molecule has 154 valence electrons. The number of aryl methyl sites for hydroxylation is 1. The summed E-state index contributed by atoms with van der Waals surface area (Å²) >= 11 is 1.23. The van der Waals surface area contributed by atoms with E-state index in [1.807, 2.05) is 35.8 Å². The van der Waals surface area contributed by atoms with E-state index < -0.39 is 0 Å². The maximum absolute atomic E-state index is 14.0. The number of fused-ring (bicyclic) bond motifs is 1. The molecule has 0 aliphatic rings. The fraction of sp³-hybridized carbons (Fsp3) is 0.227. The van der Waals surface area contributed by atoms with Crippen LogP contribution in [0.25, 0.3) is 21.6 Å². The lowest BCUT2D eigenvalue weighted by atomic mass is 10.2. The van der Waals surface area contributed by atoms with Gasteiger partial charge in [0.15, 0.2) is 0 Å². The second-order valence-electron chi connectivity index (χ2n) is 6.60. The van der Waals surface area contributed by atoms with Gasteiger partial charge in [-0.3, -0.25) is 10.1 Å². The van der Waals surface area contributed by atoms with Gasteiger partial charge in [0.05, 0.1) is 11.0 Å². The highest BCUT2D eigenvalue weighted by molar-refractivity contribution is 7.13. The topological polar surface area (TPSA) is 69.0 Å². The third-order valence-electron chi connectivity index (χ3n) is 4.60. The zero-order valence-corrected chi connectivity index (χ0v) is 17.3. The highest BCUT2D eigenvalue weighted by atomic mass is 32.1. The van der Waals surface area contributed by atoms with Crippen LogP contribution in [-0.4, -0.2) is 33.7 Å². The number of ether oxygens (including phenoxy) is 1. The summed E-state index contributed by atoms with van der Waals surface area (Å²) in [5.41, 5.74) is 2.35. The Balaban J connectivity index is 1.56. The van der Waals surface area contributed by atoms with Crippen molar-refractivity contribution in [2.75, 3.05) is 18.5 Å². The minimum Gasteiger partial charge on any atom is -0.382 e. The third-order valence-corrected chi connectivity index (χ3v) is 5.47. The van der Waals surface area contributed by atoms with Gasteiger partial charge < -0.3 is 9.30 Å². The molecule has 0 radical (unpaired) electrons. The third kappa shape index (κ3) is 4.24. The highest BCUT2D eigenvalue weighted by Gasteiger charge is 2.18. The van der Waals surface area contributed by atoms with Crippen LogP contribution in [0.15, 0.2) is 53.9 Å². The molecular weight excluding hydrogens is 403 g/mol. The average Bonchev–Trinajstić information content (AvgIpc) is 3.37. The van der Waals surface area contributed by atoms with E-state index in [4.69, 9.17) is 4.74 Å². The molecule has 0 bridgehead atoms. The molecule has 2 heterocycles. The van der Waals surface area contributed by atoms with Crippen molar-refractivity contribution in [1.29, 1.82) is 0 Å². The molecule has 0 fully saturated rings. The van der Waals surface area contributed by atoms with E-state index in [2.05, 4.69) is 15.3 Å². The number of amides is 1. The van der Waals surface area contributed by atoms with Crippen LogP contribution in [0.4, 0.5) is 10.3 Å². The quantitative estimate of drug-likeness (QED) is 0.405. The molecular formula is C22H21FN4O2S. The van der Waals surface area contributed by atoms with Crippen molar-refractivity contribution < 1.29 is 13.9 Å². The van der Waals surface area contributed by atoms with Crippen LogP contribution >= 0.6 is 11.3 Å². The molecule has 0 spiro atoms. The number of nitrogens with zero attached hydrogens (tertiary/aromatic N) is 3. The maximum atomic E-state index is 14.0. The second-order valence-corrected chi connectivity index (χ2v) is 7.46. The van der Waals surface area contributed by atoms with Gasteiger partial charge in [-0.2, -0.15) is 0 Å². The van der Waals surface area contributed by atoms with Crippen LogP contribution < -0.4 is 5.32 Å². The number of anilines is 1. The number of benzene rings is 2. The van der Waals surface area contributed by atoms with Crippen molar-refractivity contribution in [2.24, 2.45) is 0 Å². The van der Waals surface area contributed by atoms with Gasteiger partial charge in [0.2, 0.25) is 5.95 Å². The van der Waals surface area contributed by atoms with Gasteiger partial charge in [-0.05, 0) is 37.6 Å². The summed E-state index contributed by atoms with van der Waals surface area (Å²) < 4.78 is 21.4. The minimum absolute atomic E-state index is 0.228. The molecule has 1 amide bonds. The van der Waals surface area contributed by atoms with Crippen molar-refractivity contribution in [3.8, 4) is 10.6 Å². The first-order valence-electron chi connectivity index (χ1n) is 9.72. The zero-order valence-electron chi connectivity index (χ0n) is 16.5. The number of thiazole rings is 1. The number of hydrogen-bond acceptors (Lipinski definition) is 5. The fourth-order valence-corrected chi connectivity index (χ4v) is 3.99. The largest absolute Gasteiger partial charge is 0.382 e. The van der Waals surface area contributed by atoms with Crippen molar-refractivity contribution in [3.63, 3.8) is 0 Å². The first-order chi connectivity index (χ1) is 14.7. The van der Waals surface area contributed by atoms with Gasteiger partial charge in [-0.25, -0.2) is 14.4 Å². The fourth-order valence-electron chi connectivity index (χ4n) is 3.17. The summed E-state index contributed by atoms with van der Waals surface area (Å²) in [4.78, 5) is 21.7. The standard InChI is InChI=1S/C22H21FN4O2S/c1-2-29-13-7-12-27-19-11-6-5-10-17(19)25-22(27)26-20(28)18-14-30-21(24-18)15-8-3-4-9-16(15)23/h3-6,8-11,14H,2,7,12-13H2,1H3,(H,25,26,28). The van der Waals surface area contributed by atoms with E-state index in [1.165, 1.54) is 17.4 Å². The maximum Gasteiger partial charge on any atom is 0.277 e. The Morgan fingerprint density at radius 1 is 1.17 bits per heavy atom. The molecule has 6 nitrogen and oxygen atoms in total. The van der Waals surface area contributed by atoms with Gasteiger partial charge in [-0.15, -0.1) is 11.3 Å². The number of rotatable bonds is 8. The van der Waals surface area contributed by atoms with Gasteiger partial charge in [0.1, 0.15) is 16.5 Å². The first kappa shape index (κ1) is 20.2. The molecule has 0 aliphatic heterocycles. The van der Waals surface area contributed by atoms with E-state index in [1.54, 1.807) is 23.6 Å². The molecule has 2 aromatic carbocycles. The number of aromatic nitrogens is 3. The van der Waals surface area contributed by atoms with E-state index in [0.717, 1.165) is 17.5 Å². The Morgan fingerprint density at radius 2 is 1.97 bits per heavy atom. The van der Waals surface area contributed by atoms with Crippen LogP contribution in [-0.2, 0) is 11.3 Å². The molecule has 0 aliphatic carbocycles. The predicted octanol–water partition coefficient (Wildman–Crippen LogP) is 4.98. The smallest absolute Gasteiger partial charge is 0.277 e. The SMILES string of the molecule is CCOCCCn1c(NC(=O)c2csc(-c3ccccc3F)n2)nc2ccccc21. The van der Waals surface area contributed by atoms with Gasteiger partial charge in [0.25, 0.3) is 5.91 Å². The van der Waals surface area contributed by atoms with Gasteiger partial charge >= 0.3 is 0 Å². The summed E-state index contributed by atoms with van der Waals surface area (Å²) in [6.07, 6.45) is 0.797. The number of imidazole rings is 1. The summed E-state index contributed by atoms with van der Waals surface area (Å²) in [6.45, 7) is 3.92. The van der Waals surface area contributed by atoms with Crippen LogP contribution in [0, 0.1) is 5.82 Å². The summed E-state index contributed by atoms with van der Waals surface area (Å²) in [5, 5.41) is 4.94. The van der Waals surface area contributed by atoms with Crippen LogP contribution in [0.2, 0.25) is 0 Å². The van der Waals surface area contributed by atoms with E-state index in [9.17, 15) is 9.18 Å². The lowest BCUT2D eigenvalue weighted by Crippen LogP contribution is -2.17. The second kappa shape index (κ2) is 9.15. The lowest BCUT2D eigenvalue weighted by Gasteiger charge is -2.09. The highest BCUT2D eigenvalue weighted by Crippen LogP contribution is 2.27. The summed E-state index contributed by atoms with van der Waals surface area (Å²) in [5.74, 6) is -0.289. The molecule has 1 N–H and O–H groups in total. The molecule has 0 unspecified atom stereocenters. The normalized spacial score (nSPS) is 11.1. The number of halogens is 1. The van der Waals surface area contributed by atoms with Crippen LogP contribution in [0.1, 0.15) is 23.8 Å². The zero-order chi connectivity index (χ0) is 20.9. The average molecular weight is 425 g/mol. The number of carbonyl (C=O) groups excluding carboxylic acids is 1. The Labute approximate surface area is 177 Å². The van der Waals surface area contributed by atoms with Gasteiger partial charge in [0, 0.05) is 30.7 Å². The predicted molar refractivity (Wildman–Crippen MR) is 116 cm³/mol. The molecule has 0 saturated heterocycles. The number of para-hydroxylation sites is 2. The first-order valence-corrected chi connectivity index (χ1v) is 10.6. The number of carbonyl (C=O) groups is 1. The Bertz CT molecular complexity index is 1170. The molecule has 0 saturated carbocycles. The van der Waals surface area contributed by atoms with Crippen molar-refractivity contribution in [1.82, 2.24) is 14.5 Å². The van der Waals surface area contributed by atoms with E-state index in [-0.39, 0.29) is 17.4 Å². The van der Waals surface area contributed by atoms with Crippen molar-refractivity contribution in [2.45, 2.75) is 19.9 Å². The summed E-state index contributed by atoms with van der Waals surface area (Å²) in [6, 6.07) is 14.1. The molecule has 0 atom stereocenters. The Morgan fingerprint density at radius 3 is 2.80 bits per heavy atom. The van der Waals surface area contributed by atoms with Gasteiger partial charge in [-0.1, -0.05) is 24.3 Å². The Kier molecular flexibility index (Phi) is 6.15. The molecule has 2 aromatic heterocycles. The number of nitrogens with one attached hydrogen (secondary N) is 1. The van der Waals surface area contributed by atoms with Crippen LogP contribution in [0.3, 0.4) is 0 Å². The molecule has 4 aromatic rings. The lowest BCUT2D eigenvalue weighted by molar-refractivity contribution is 0.102. The van der Waals surface area contributed by atoms with E-state index in [0.29, 0.717) is 36.3 Å². The summed E-state index contributed by atoms with van der Waals surface area (Å²) in [7, 11) is 0. The molecule has 8 heteroatoms. The van der Waals surface area contributed by atoms with E-state index >= 15 is 0 Å². The monoisotopic (exact) mass is 424 g/mol. The van der Waals surface area contributed by atoms with Crippen molar-refractivity contribution in [3.05, 3.63) is 65.4 Å².